The summed E-state index contributed by atoms with van der Waals surface area (Å²) in [5.74, 6) is -0.837. The van der Waals surface area contributed by atoms with Crippen LogP contribution < -0.4 is 4.74 Å². The van der Waals surface area contributed by atoms with E-state index in [0.717, 1.165) is 11.3 Å². The zero-order valence-electron chi connectivity index (χ0n) is 14.0. The number of halogens is 3. The van der Waals surface area contributed by atoms with Crippen LogP contribution in [0.25, 0.3) is 0 Å². The first-order valence-electron chi connectivity index (χ1n) is 7.88. The minimum absolute atomic E-state index is 0.00515. The quantitative estimate of drug-likeness (QED) is 0.801. The number of aromatic nitrogens is 2. The third-order valence-corrected chi connectivity index (χ3v) is 4.01. The van der Waals surface area contributed by atoms with Crippen LogP contribution in [0.5, 0.6) is 5.75 Å². The van der Waals surface area contributed by atoms with Gasteiger partial charge >= 0.3 is 6.18 Å². The molecular weight excluding hydrogens is 353 g/mol. The van der Waals surface area contributed by atoms with Crippen molar-refractivity contribution in [1.82, 2.24) is 19.9 Å². The number of piperazine rings is 1. The van der Waals surface area contributed by atoms with E-state index in [1.54, 1.807) is 16.9 Å². The van der Waals surface area contributed by atoms with Crippen LogP contribution in [0.2, 0.25) is 0 Å². The molecule has 10 heteroatoms. The highest BCUT2D eigenvalue weighted by Crippen LogP contribution is 2.26. The van der Waals surface area contributed by atoms with Crippen molar-refractivity contribution in [2.45, 2.75) is 19.3 Å². The number of nitrogens with zero attached hydrogens (tertiary/aromatic N) is 4. The molecule has 0 spiro atoms. The maximum atomic E-state index is 12.5. The van der Waals surface area contributed by atoms with Gasteiger partial charge in [0.2, 0.25) is 11.8 Å². The summed E-state index contributed by atoms with van der Waals surface area (Å²) in [5.41, 5.74) is 0.972. The minimum Gasteiger partial charge on any atom is -0.497 e. The Bertz CT molecular complexity index is 761. The number of ether oxygens (including phenoxy) is 1. The molecule has 2 heterocycles. The smallest absolute Gasteiger partial charge is 0.455 e. The van der Waals surface area contributed by atoms with Gasteiger partial charge in [-0.05, 0) is 17.7 Å². The lowest BCUT2D eigenvalue weighted by atomic mass is 10.2. The molecule has 0 saturated carbocycles. The molecule has 1 aromatic heterocycles. The Morgan fingerprint density at radius 1 is 1.19 bits per heavy atom. The van der Waals surface area contributed by atoms with Gasteiger partial charge in [-0.3, -0.25) is 9.69 Å². The van der Waals surface area contributed by atoms with Crippen molar-refractivity contribution in [2.75, 3.05) is 26.7 Å². The van der Waals surface area contributed by atoms with E-state index in [0.29, 0.717) is 19.6 Å². The van der Waals surface area contributed by atoms with Crippen LogP contribution in [0, 0.1) is 0 Å². The number of benzene rings is 1. The number of carbonyl (C=O) groups excluding carboxylic acids is 1. The first-order valence-corrected chi connectivity index (χ1v) is 7.88. The Kier molecular flexibility index (Phi) is 5.12. The molecule has 2 aromatic rings. The van der Waals surface area contributed by atoms with Crippen LogP contribution >= 0.6 is 0 Å². The zero-order valence-corrected chi connectivity index (χ0v) is 14.0. The molecule has 1 aliphatic heterocycles. The molecule has 140 valence electrons. The molecular formula is C16H17F3N4O3. The fraction of sp³-hybridized carbons (Fsp3) is 0.438. The van der Waals surface area contributed by atoms with Crippen molar-refractivity contribution in [3.8, 4) is 5.75 Å². The maximum absolute atomic E-state index is 12.5. The normalized spacial score (nSPS) is 16.2. The van der Waals surface area contributed by atoms with Crippen LogP contribution in [0.1, 0.15) is 17.3 Å². The second-order valence-corrected chi connectivity index (χ2v) is 5.88. The highest BCUT2D eigenvalue weighted by atomic mass is 19.4. The molecule has 1 aliphatic rings. The number of carbonyl (C=O) groups is 1. The van der Waals surface area contributed by atoms with Gasteiger partial charge in [-0.2, -0.15) is 18.2 Å². The summed E-state index contributed by atoms with van der Waals surface area (Å²) < 4.78 is 47.2. The summed E-state index contributed by atoms with van der Waals surface area (Å²) in [6.45, 7) is 1.53. The van der Waals surface area contributed by atoms with Crippen molar-refractivity contribution >= 4 is 5.91 Å². The van der Waals surface area contributed by atoms with E-state index in [4.69, 9.17) is 4.74 Å². The second kappa shape index (κ2) is 7.32. The molecule has 0 unspecified atom stereocenters. The summed E-state index contributed by atoms with van der Waals surface area (Å²) in [6.07, 6.45) is -4.64. The van der Waals surface area contributed by atoms with Gasteiger partial charge in [-0.1, -0.05) is 17.3 Å². The molecule has 1 aromatic carbocycles. The molecule has 0 aliphatic carbocycles. The standard InChI is InChI=1S/C16H17F3N4O3/c1-25-12-4-2-11(3-5-12)8-23-7-6-22(10-14(23)24)9-13-20-15(21-26-13)16(17,18)19/h2-5H,6-10H2,1H3. The van der Waals surface area contributed by atoms with Gasteiger partial charge in [0.05, 0.1) is 20.2 Å². The van der Waals surface area contributed by atoms with Crippen LogP contribution in [0.3, 0.4) is 0 Å². The lowest BCUT2D eigenvalue weighted by Crippen LogP contribution is -2.49. The predicted molar refractivity (Wildman–Crippen MR) is 83.0 cm³/mol. The molecule has 0 N–H and O–H groups in total. The van der Waals surface area contributed by atoms with Gasteiger partial charge in [0.15, 0.2) is 0 Å². The predicted octanol–water partition coefficient (Wildman–Crippen LogP) is 1.94. The van der Waals surface area contributed by atoms with Gasteiger partial charge in [0.25, 0.3) is 5.82 Å². The third-order valence-electron chi connectivity index (χ3n) is 4.01. The summed E-state index contributed by atoms with van der Waals surface area (Å²) in [4.78, 5) is 19.0. The number of rotatable bonds is 5. The number of alkyl halides is 3. The van der Waals surface area contributed by atoms with Crippen LogP contribution in [0.15, 0.2) is 28.8 Å². The van der Waals surface area contributed by atoms with Gasteiger partial charge in [0.1, 0.15) is 5.75 Å². The van der Waals surface area contributed by atoms with E-state index in [1.165, 1.54) is 0 Å². The van der Waals surface area contributed by atoms with Crippen LogP contribution in [-0.2, 0) is 24.1 Å². The molecule has 0 atom stereocenters. The number of amides is 1. The summed E-state index contributed by atoms with van der Waals surface area (Å²) in [6, 6.07) is 7.42. The Balaban J connectivity index is 1.54. The molecule has 26 heavy (non-hydrogen) atoms. The van der Waals surface area contributed by atoms with E-state index < -0.39 is 12.0 Å². The van der Waals surface area contributed by atoms with Crippen molar-refractivity contribution in [3.05, 3.63) is 41.5 Å². The van der Waals surface area contributed by atoms with Crippen molar-refractivity contribution < 1.29 is 27.2 Å². The monoisotopic (exact) mass is 370 g/mol. The molecule has 0 radical (unpaired) electrons. The minimum atomic E-state index is -4.64. The lowest BCUT2D eigenvalue weighted by molar-refractivity contribution is -0.146. The summed E-state index contributed by atoms with van der Waals surface area (Å²) in [5, 5.41) is 2.91. The molecule has 7 nitrogen and oxygen atoms in total. The van der Waals surface area contributed by atoms with Gasteiger partial charge < -0.3 is 14.2 Å². The van der Waals surface area contributed by atoms with Crippen LogP contribution in [0.4, 0.5) is 13.2 Å². The number of hydrogen-bond donors (Lipinski definition) is 0. The number of hydrogen-bond acceptors (Lipinski definition) is 6. The first-order chi connectivity index (χ1) is 12.3. The Morgan fingerprint density at radius 2 is 1.92 bits per heavy atom. The van der Waals surface area contributed by atoms with Gasteiger partial charge in [-0.15, -0.1) is 0 Å². The van der Waals surface area contributed by atoms with E-state index in [1.807, 2.05) is 24.3 Å². The van der Waals surface area contributed by atoms with E-state index in [-0.39, 0.29) is 24.9 Å². The van der Waals surface area contributed by atoms with E-state index in [9.17, 15) is 18.0 Å². The maximum Gasteiger partial charge on any atom is 0.455 e. The molecule has 0 bridgehead atoms. The third kappa shape index (κ3) is 4.31. The average Bonchev–Trinajstić information content (AvgIpc) is 3.07. The number of methoxy groups -OCH3 is 1. The summed E-state index contributed by atoms with van der Waals surface area (Å²) in [7, 11) is 1.58. The topological polar surface area (TPSA) is 71.7 Å². The molecule has 3 rings (SSSR count). The Labute approximate surface area is 147 Å². The molecule has 1 saturated heterocycles. The van der Waals surface area contributed by atoms with Crippen molar-refractivity contribution in [3.63, 3.8) is 0 Å². The van der Waals surface area contributed by atoms with Crippen molar-refractivity contribution in [2.24, 2.45) is 0 Å². The van der Waals surface area contributed by atoms with Crippen molar-refractivity contribution in [1.29, 1.82) is 0 Å². The molecule has 1 amide bonds. The van der Waals surface area contributed by atoms with Gasteiger partial charge in [0, 0.05) is 19.6 Å². The highest BCUT2D eigenvalue weighted by molar-refractivity contribution is 5.79. The zero-order chi connectivity index (χ0) is 18.7. The Hall–Kier alpha value is -2.62. The summed E-state index contributed by atoms with van der Waals surface area (Å²) >= 11 is 0. The lowest BCUT2D eigenvalue weighted by Gasteiger charge is -2.33. The van der Waals surface area contributed by atoms with E-state index in [2.05, 4.69) is 14.7 Å². The van der Waals surface area contributed by atoms with Gasteiger partial charge in [-0.25, -0.2) is 0 Å². The van der Waals surface area contributed by atoms with E-state index >= 15 is 0 Å². The average molecular weight is 370 g/mol. The SMILES string of the molecule is COc1ccc(CN2CCN(Cc3nc(C(F)(F)F)no3)CC2=O)cc1. The fourth-order valence-corrected chi connectivity index (χ4v) is 2.64. The highest BCUT2D eigenvalue weighted by Gasteiger charge is 2.37. The molecule has 1 fully saturated rings. The first kappa shape index (κ1) is 18.2. The van der Waals surface area contributed by atoms with Crippen LogP contribution in [-0.4, -0.2) is 52.6 Å². The second-order valence-electron chi connectivity index (χ2n) is 5.88. The Morgan fingerprint density at radius 3 is 2.50 bits per heavy atom. The fourth-order valence-electron chi connectivity index (χ4n) is 2.64. The largest absolute Gasteiger partial charge is 0.497 e.